The summed E-state index contributed by atoms with van der Waals surface area (Å²) in [7, 11) is 3.18. The molecule has 3 aromatic heterocycles. The lowest BCUT2D eigenvalue weighted by molar-refractivity contribution is 0.101. The highest BCUT2D eigenvalue weighted by Gasteiger charge is 2.18. The summed E-state index contributed by atoms with van der Waals surface area (Å²) in [5, 5.41) is 9.25. The number of carbonyl (C=O) groups excluding carboxylic acids is 1. The fourth-order valence-corrected chi connectivity index (χ4v) is 3.59. The summed E-state index contributed by atoms with van der Waals surface area (Å²) < 4.78 is 12.2. The first-order chi connectivity index (χ1) is 14.0. The van der Waals surface area contributed by atoms with Crippen molar-refractivity contribution >= 4 is 28.2 Å². The Kier molecular flexibility index (Phi) is 4.85. The van der Waals surface area contributed by atoms with E-state index in [2.05, 4.69) is 25.4 Å². The molecule has 10 heteroatoms. The zero-order valence-electron chi connectivity index (χ0n) is 16.3. The van der Waals surface area contributed by atoms with Gasteiger partial charge in [0.1, 0.15) is 11.5 Å². The minimum atomic E-state index is -0.449. The summed E-state index contributed by atoms with van der Waals surface area (Å²) in [6.07, 6.45) is 0. The van der Waals surface area contributed by atoms with Crippen molar-refractivity contribution in [2.24, 2.45) is 0 Å². The van der Waals surface area contributed by atoms with E-state index in [-0.39, 0.29) is 5.82 Å². The number of nitrogens with one attached hydrogen (secondary N) is 1. The van der Waals surface area contributed by atoms with Crippen molar-refractivity contribution in [3.8, 4) is 22.8 Å². The Hall–Kier alpha value is -3.53. The van der Waals surface area contributed by atoms with E-state index in [1.165, 1.54) is 15.9 Å². The van der Waals surface area contributed by atoms with E-state index in [0.29, 0.717) is 28.1 Å². The number of amides is 1. The summed E-state index contributed by atoms with van der Waals surface area (Å²) in [6.45, 7) is 3.75. The molecule has 1 amide bonds. The molecule has 0 fully saturated rings. The topological polar surface area (TPSA) is 104 Å². The van der Waals surface area contributed by atoms with Crippen LogP contribution in [0.2, 0.25) is 0 Å². The molecule has 0 spiro atoms. The number of ether oxygens (including phenoxy) is 2. The van der Waals surface area contributed by atoms with Crippen molar-refractivity contribution in [2.45, 2.75) is 13.8 Å². The Morgan fingerprint density at radius 1 is 1.10 bits per heavy atom. The second kappa shape index (κ2) is 7.47. The summed E-state index contributed by atoms with van der Waals surface area (Å²) in [5.74, 6) is 1.29. The van der Waals surface area contributed by atoms with Crippen LogP contribution in [0.3, 0.4) is 0 Å². The minimum absolute atomic E-state index is 0.0324. The number of aryl methyl sites for hydroxylation is 2. The van der Waals surface area contributed by atoms with E-state index in [1.54, 1.807) is 20.3 Å². The van der Waals surface area contributed by atoms with E-state index in [4.69, 9.17) is 9.47 Å². The molecule has 0 atom stereocenters. The number of hydrogen-bond acceptors (Lipinski definition) is 8. The minimum Gasteiger partial charge on any atom is -0.497 e. The maximum Gasteiger partial charge on any atom is 0.297 e. The zero-order chi connectivity index (χ0) is 20.5. The van der Waals surface area contributed by atoms with Gasteiger partial charge in [0.05, 0.1) is 19.9 Å². The standard InChI is InChI=1S/C19H18N6O3S/c1-10-7-11(2)25-18(20-10)22-16(24-25)17(26)23-19-21-14(9-29-19)13-6-5-12(27-3)8-15(13)28-4/h5-9H,1-4H3,(H,21,23,26). The van der Waals surface area contributed by atoms with Crippen molar-refractivity contribution in [3.05, 3.63) is 46.9 Å². The highest BCUT2D eigenvalue weighted by Crippen LogP contribution is 2.34. The van der Waals surface area contributed by atoms with Gasteiger partial charge in [-0.3, -0.25) is 10.1 Å². The molecule has 0 saturated heterocycles. The maximum atomic E-state index is 12.6. The molecular formula is C19H18N6O3S. The van der Waals surface area contributed by atoms with E-state index in [0.717, 1.165) is 17.0 Å². The fraction of sp³-hybridized carbons (Fsp3) is 0.211. The molecular weight excluding hydrogens is 392 g/mol. The van der Waals surface area contributed by atoms with Crippen LogP contribution in [0.1, 0.15) is 22.0 Å². The number of methoxy groups -OCH3 is 2. The SMILES string of the molecule is COc1ccc(-c2csc(NC(=O)c3nc4nc(C)cc(C)n4n3)n2)c(OC)c1. The molecule has 0 aliphatic carbocycles. The number of carbonyl (C=O) groups is 1. The lowest BCUT2D eigenvalue weighted by Crippen LogP contribution is -2.13. The van der Waals surface area contributed by atoms with E-state index in [1.807, 2.05) is 37.4 Å². The summed E-state index contributed by atoms with van der Waals surface area (Å²) in [6, 6.07) is 7.34. The molecule has 1 N–H and O–H groups in total. The van der Waals surface area contributed by atoms with Crippen LogP contribution in [0.5, 0.6) is 11.5 Å². The second-order valence-electron chi connectivity index (χ2n) is 6.24. The highest BCUT2D eigenvalue weighted by atomic mass is 32.1. The van der Waals surface area contributed by atoms with Crippen LogP contribution in [0.25, 0.3) is 17.0 Å². The number of fused-ring (bicyclic) bond motifs is 1. The molecule has 0 radical (unpaired) electrons. The van der Waals surface area contributed by atoms with Crippen molar-refractivity contribution in [3.63, 3.8) is 0 Å². The highest BCUT2D eigenvalue weighted by molar-refractivity contribution is 7.14. The van der Waals surface area contributed by atoms with Gasteiger partial charge >= 0.3 is 0 Å². The third kappa shape index (κ3) is 3.61. The molecule has 0 bridgehead atoms. The van der Waals surface area contributed by atoms with Gasteiger partial charge in [0.15, 0.2) is 5.13 Å². The van der Waals surface area contributed by atoms with Crippen LogP contribution >= 0.6 is 11.3 Å². The first kappa shape index (κ1) is 18.8. The van der Waals surface area contributed by atoms with Crippen molar-refractivity contribution in [1.29, 1.82) is 0 Å². The number of anilines is 1. The third-order valence-electron chi connectivity index (χ3n) is 4.23. The predicted molar refractivity (Wildman–Crippen MR) is 109 cm³/mol. The smallest absolute Gasteiger partial charge is 0.297 e. The van der Waals surface area contributed by atoms with Gasteiger partial charge in [0, 0.05) is 28.4 Å². The molecule has 4 rings (SSSR count). The molecule has 29 heavy (non-hydrogen) atoms. The van der Waals surface area contributed by atoms with E-state index in [9.17, 15) is 4.79 Å². The Bertz CT molecular complexity index is 1220. The Morgan fingerprint density at radius 3 is 2.69 bits per heavy atom. The van der Waals surface area contributed by atoms with Crippen LogP contribution in [-0.4, -0.2) is 44.7 Å². The average Bonchev–Trinajstić information content (AvgIpc) is 3.34. The molecule has 4 aromatic rings. The number of aromatic nitrogens is 5. The quantitative estimate of drug-likeness (QED) is 0.539. The lowest BCUT2D eigenvalue weighted by Gasteiger charge is -2.08. The van der Waals surface area contributed by atoms with E-state index < -0.39 is 5.91 Å². The number of benzene rings is 1. The first-order valence-electron chi connectivity index (χ1n) is 8.69. The monoisotopic (exact) mass is 410 g/mol. The largest absolute Gasteiger partial charge is 0.497 e. The average molecular weight is 410 g/mol. The number of hydrogen-bond donors (Lipinski definition) is 1. The molecule has 0 saturated carbocycles. The molecule has 148 valence electrons. The van der Waals surface area contributed by atoms with Gasteiger partial charge in [-0.25, -0.2) is 14.5 Å². The molecule has 0 unspecified atom stereocenters. The van der Waals surface area contributed by atoms with Crippen LogP contribution < -0.4 is 14.8 Å². The van der Waals surface area contributed by atoms with Crippen LogP contribution in [0, 0.1) is 13.8 Å². The molecule has 0 aliphatic heterocycles. The zero-order valence-corrected chi connectivity index (χ0v) is 17.1. The third-order valence-corrected chi connectivity index (χ3v) is 4.99. The predicted octanol–water partition coefficient (Wildman–Crippen LogP) is 3.13. The molecule has 3 heterocycles. The molecule has 1 aromatic carbocycles. The summed E-state index contributed by atoms with van der Waals surface area (Å²) in [4.78, 5) is 25.6. The van der Waals surface area contributed by atoms with Crippen LogP contribution in [0.4, 0.5) is 5.13 Å². The van der Waals surface area contributed by atoms with Gasteiger partial charge in [-0.2, -0.15) is 4.98 Å². The van der Waals surface area contributed by atoms with Crippen LogP contribution in [-0.2, 0) is 0 Å². The fourth-order valence-electron chi connectivity index (χ4n) is 2.88. The normalized spacial score (nSPS) is 10.9. The van der Waals surface area contributed by atoms with Gasteiger partial charge in [-0.1, -0.05) is 0 Å². The Labute approximate surface area is 170 Å². The molecule has 0 aliphatic rings. The number of rotatable bonds is 5. The Balaban J connectivity index is 1.58. The van der Waals surface area contributed by atoms with Gasteiger partial charge in [0.25, 0.3) is 11.7 Å². The molecule has 9 nitrogen and oxygen atoms in total. The first-order valence-corrected chi connectivity index (χ1v) is 9.56. The number of nitrogens with zero attached hydrogens (tertiary/aromatic N) is 5. The van der Waals surface area contributed by atoms with Crippen molar-refractivity contribution in [2.75, 3.05) is 19.5 Å². The van der Waals surface area contributed by atoms with Gasteiger partial charge in [-0.15, -0.1) is 16.4 Å². The van der Waals surface area contributed by atoms with Crippen LogP contribution in [0.15, 0.2) is 29.6 Å². The summed E-state index contributed by atoms with van der Waals surface area (Å²) >= 11 is 1.30. The van der Waals surface area contributed by atoms with Crippen molar-refractivity contribution < 1.29 is 14.3 Å². The Morgan fingerprint density at radius 2 is 1.93 bits per heavy atom. The van der Waals surface area contributed by atoms with Gasteiger partial charge in [-0.05, 0) is 32.0 Å². The second-order valence-corrected chi connectivity index (χ2v) is 7.10. The van der Waals surface area contributed by atoms with Crippen molar-refractivity contribution in [1.82, 2.24) is 24.6 Å². The van der Waals surface area contributed by atoms with Gasteiger partial charge < -0.3 is 9.47 Å². The maximum absolute atomic E-state index is 12.6. The number of thiazole rings is 1. The van der Waals surface area contributed by atoms with E-state index >= 15 is 0 Å². The van der Waals surface area contributed by atoms with Gasteiger partial charge in [0.2, 0.25) is 5.82 Å². The lowest BCUT2D eigenvalue weighted by atomic mass is 10.1. The summed E-state index contributed by atoms with van der Waals surface area (Å²) in [5.41, 5.74) is 3.14.